The zero-order valence-electron chi connectivity index (χ0n) is 14.9. The van der Waals surface area contributed by atoms with Crippen molar-refractivity contribution in [2.75, 3.05) is 6.61 Å². The first-order chi connectivity index (χ1) is 11.0. The summed E-state index contributed by atoms with van der Waals surface area (Å²) in [5.41, 5.74) is 1.81. The van der Waals surface area contributed by atoms with E-state index in [4.69, 9.17) is 4.74 Å². The van der Waals surface area contributed by atoms with Gasteiger partial charge in [0.15, 0.2) is 0 Å². The molecule has 2 fully saturated rings. The number of hydrogen-bond donors (Lipinski definition) is 0. The number of fused-ring (bicyclic) bond motifs is 5. The molecule has 5 atom stereocenters. The van der Waals surface area contributed by atoms with E-state index in [9.17, 15) is 4.79 Å². The average molecular weight is 314 g/mol. The quantitative estimate of drug-likeness (QED) is 0.713. The van der Waals surface area contributed by atoms with Crippen LogP contribution in [0.15, 0.2) is 23.5 Å². The lowest BCUT2D eigenvalue weighted by molar-refractivity contribution is -0.131. The summed E-state index contributed by atoms with van der Waals surface area (Å²) in [6.07, 6.45) is 12.6. The minimum absolute atomic E-state index is 0.0101. The van der Waals surface area contributed by atoms with Crippen molar-refractivity contribution in [2.45, 2.75) is 65.7 Å². The Labute approximate surface area is 140 Å². The van der Waals surface area contributed by atoms with Crippen molar-refractivity contribution >= 4 is 5.78 Å². The summed E-state index contributed by atoms with van der Waals surface area (Å²) in [4.78, 5) is 12.4. The zero-order valence-corrected chi connectivity index (χ0v) is 14.9. The van der Waals surface area contributed by atoms with Gasteiger partial charge in [-0.3, -0.25) is 4.79 Å². The predicted molar refractivity (Wildman–Crippen MR) is 91.8 cm³/mol. The molecular weight excluding hydrogens is 284 g/mol. The van der Waals surface area contributed by atoms with Crippen LogP contribution in [0.3, 0.4) is 0 Å². The lowest BCUT2D eigenvalue weighted by Crippen LogP contribution is -2.49. The van der Waals surface area contributed by atoms with Crippen molar-refractivity contribution in [3.8, 4) is 0 Å². The second-order valence-electron chi connectivity index (χ2n) is 8.65. The Balaban J connectivity index is 1.67. The molecule has 0 radical (unpaired) electrons. The van der Waals surface area contributed by atoms with Crippen LogP contribution in [0.2, 0.25) is 0 Å². The summed E-state index contributed by atoms with van der Waals surface area (Å²) in [7, 11) is 0. The molecule has 2 heteroatoms. The summed E-state index contributed by atoms with van der Waals surface area (Å²) in [5.74, 6) is 3.82. The molecule has 0 saturated heterocycles. The molecule has 0 amide bonds. The van der Waals surface area contributed by atoms with Gasteiger partial charge in [-0.25, -0.2) is 0 Å². The third-order valence-electron chi connectivity index (χ3n) is 7.77. The topological polar surface area (TPSA) is 26.3 Å². The maximum Gasteiger partial charge on any atom is 0.139 e. The van der Waals surface area contributed by atoms with Gasteiger partial charge in [0.1, 0.15) is 5.78 Å². The zero-order chi connectivity index (χ0) is 16.2. The monoisotopic (exact) mass is 314 g/mol. The van der Waals surface area contributed by atoms with Gasteiger partial charge in [0.05, 0.1) is 12.4 Å². The van der Waals surface area contributed by atoms with Gasteiger partial charge in [0, 0.05) is 18.3 Å². The van der Waals surface area contributed by atoms with Gasteiger partial charge in [0.2, 0.25) is 0 Å². The van der Waals surface area contributed by atoms with E-state index in [0.717, 1.165) is 44.1 Å². The van der Waals surface area contributed by atoms with Crippen molar-refractivity contribution in [3.05, 3.63) is 23.5 Å². The molecule has 0 aliphatic heterocycles. The lowest BCUT2D eigenvalue weighted by Gasteiger charge is -2.55. The van der Waals surface area contributed by atoms with E-state index in [0.29, 0.717) is 17.1 Å². The van der Waals surface area contributed by atoms with Gasteiger partial charge < -0.3 is 4.74 Å². The Bertz CT molecular complexity index is 587. The summed E-state index contributed by atoms with van der Waals surface area (Å²) < 4.78 is 5.79. The fourth-order valence-electron chi connectivity index (χ4n) is 6.37. The van der Waals surface area contributed by atoms with Crippen LogP contribution < -0.4 is 0 Å². The van der Waals surface area contributed by atoms with Crippen LogP contribution >= 0.6 is 0 Å². The van der Waals surface area contributed by atoms with Crippen LogP contribution in [0, 0.1) is 28.6 Å². The molecule has 0 aromatic carbocycles. The Morgan fingerprint density at radius 3 is 2.70 bits per heavy atom. The van der Waals surface area contributed by atoms with E-state index in [-0.39, 0.29) is 5.41 Å². The predicted octanol–water partition coefficient (Wildman–Crippen LogP) is 5.05. The minimum Gasteiger partial charge on any atom is -0.498 e. The van der Waals surface area contributed by atoms with E-state index < -0.39 is 0 Å². The Hall–Kier alpha value is -1.05. The highest BCUT2D eigenvalue weighted by Gasteiger charge is 2.58. The number of rotatable bonds is 2. The van der Waals surface area contributed by atoms with E-state index >= 15 is 0 Å². The summed E-state index contributed by atoms with van der Waals surface area (Å²) in [5, 5.41) is 0. The van der Waals surface area contributed by atoms with Gasteiger partial charge in [0.25, 0.3) is 0 Å². The highest BCUT2D eigenvalue weighted by Crippen LogP contribution is 2.63. The smallest absolute Gasteiger partial charge is 0.139 e. The fourth-order valence-corrected chi connectivity index (χ4v) is 6.37. The molecule has 0 aromatic rings. The summed E-state index contributed by atoms with van der Waals surface area (Å²) in [6.45, 7) is 7.58. The normalized spacial score (nSPS) is 45.5. The standard InChI is InChI=1S/C21H30O2/c1-4-23-15-9-11-20(2)14(13-15)5-6-16-17-7-8-19(22)21(17,3)12-10-18(16)20/h5,13,16-18H,4,6-12H2,1-3H3/t16?,17-,18-,20-,21-/m0/s1. The number of carbonyl (C=O) groups excluding carboxylic acids is 1. The lowest BCUT2D eigenvalue weighted by atomic mass is 9.49. The third-order valence-corrected chi connectivity index (χ3v) is 7.77. The summed E-state index contributed by atoms with van der Waals surface area (Å²) >= 11 is 0. The third kappa shape index (κ3) is 2.09. The maximum atomic E-state index is 12.4. The van der Waals surface area contributed by atoms with Crippen LogP contribution in [-0.2, 0) is 9.53 Å². The molecule has 4 aliphatic carbocycles. The maximum absolute atomic E-state index is 12.4. The highest BCUT2D eigenvalue weighted by atomic mass is 16.5. The van der Waals surface area contributed by atoms with Crippen LogP contribution in [0.4, 0.5) is 0 Å². The number of Topliss-reactive ketones (excluding diaryl/α,β-unsaturated/α-hetero) is 1. The SMILES string of the molecule is CCOC1=CC2=CCC3[C@H](CC[C@]4(C)C(=O)CC[C@@H]34)[C@@]2(C)CC1. The van der Waals surface area contributed by atoms with Crippen molar-refractivity contribution in [3.63, 3.8) is 0 Å². The van der Waals surface area contributed by atoms with Crippen LogP contribution in [0.1, 0.15) is 65.7 Å². The molecule has 2 nitrogen and oxygen atoms in total. The molecule has 126 valence electrons. The molecule has 0 heterocycles. The molecule has 0 N–H and O–H groups in total. The molecule has 4 aliphatic rings. The average Bonchev–Trinajstić information content (AvgIpc) is 2.84. The van der Waals surface area contributed by atoms with E-state index in [2.05, 4.69) is 32.9 Å². The van der Waals surface area contributed by atoms with Crippen molar-refractivity contribution < 1.29 is 9.53 Å². The fraction of sp³-hybridized carbons (Fsp3) is 0.762. The van der Waals surface area contributed by atoms with Crippen LogP contribution in [0.25, 0.3) is 0 Å². The molecule has 23 heavy (non-hydrogen) atoms. The Morgan fingerprint density at radius 2 is 1.91 bits per heavy atom. The first kappa shape index (κ1) is 15.5. The number of ether oxygens (including phenoxy) is 1. The molecular formula is C21H30O2. The Morgan fingerprint density at radius 1 is 1.13 bits per heavy atom. The van der Waals surface area contributed by atoms with Gasteiger partial charge in [-0.15, -0.1) is 0 Å². The number of allylic oxidation sites excluding steroid dienone is 4. The second kappa shape index (κ2) is 5.22. The first-order valence-corrected chi connectivity index (χ1v) is 9.56. The van der Waals surface area contributed by atoms with Crippen molar-refractivity contribution in [2.24, 2.45) is 28.6 Å². The molecule has 4 rings (SSSR count). The van der Waals surface area contributed by atoms with E-state index in [1.165, 1.54) is 30.6 Å². The van der Waals surface area contributed by atoms with Gasteiger partial charge >= 0.3 is 0 Å². The first-order valence-electron chi connectivity index (χ1n) is 9.56. The van der Waals surface area contributed by atoms with Crippen LogP contribution in [0.5, 0.6) is 0 Å². The Kier molecular flexibility index (Phi) is 3.52. The van der Waals surface area contributed by atoms with Crippen molar-refractivity contribution in [1.29, 1.82) is 0 Å². The highest BCUT2D eigenvalue weighted by molar-refractivity contribution is 5.87. The number of carbonyl (C=O) groups is 1. The van der Waals surface area contributed by atoms with E-state index in [1.807, 2.05) is 0 Å². The largest absolute Gasteiger partial charge is 0.498 e. The molecule has 0 aromatic heterocycles. The van der Waals surface area contributed by atoms with Crippen LogP contribution in [-0.4, -0.2) is 12.4 Å². The second-order valence-corrected chi connectivity index (χ2v) is 8.65. The molecule has 0 bridgehead atoms. The van der Waals surface area contributed by atoms with Gasteiger partial charge in [-0.1, -0.05) is 19.9 Å². The van der Waals surface area contributed by atoms with E-state index in [1.54, 1.807) is 0 Å². The number of hydrogen-bond acceptors (Lipinski definition) is 2. The summed E-state index contributed by atoms with van der Waals surface area (Å²) in [6, 6.07) is 0. The molecule has 1 unspecified atom stereocenters. The number of ketones is 1. The molecule has 0 spiro atoms. The minimum atomic E-state index is -0.0101. The van der Waals surface area contributed by atoms with Gasteiger partial charge in [-0.2, -0.15) is 0 Å². The van der Waals surface area contributed by atoms with Gasteiger partial charge in [-0.05, 0) is 73.8 Å². The van der Waals surface area contributed by atoms with Crippen molar-refractivity contribution in [1.82, 2.24) is 0 Å². The molecule has 2 saturated carbocycles.